The Balaban J connectivity index is 2.15. The number of hydrogen-bond donors (Lipinski definition) is 1. The van der Waals surface area contributed by atoms with Crippen molar-refractivity contribution in [3.8, 4) is 0 Å². The monoisotopic (exact) mass is 236 g/mol. The number of rotatable bonds is 1. The molecule has 0 saturated heterocycles. The van der Waals surface area contributed by atoms with Gasteiger partial charge in [0.1, 0.15) is 11.5 Å². The number of anilines is 1. The van der Waals surface area contributed by atoms with Crippen LogP contribution in [0.15, 0.2) is 31.0 Å². The van der Waals surface area contributed by atoms with Gasteiger partial charge in [-0.3, -0.25) is 4.57 Å². The van der Waals surface area contributed by atoms with Gasteiger partial charge in [-0.1, -0.05) is 11.6 Å². The molecule has 2 aromatic rings. The molecule has 0 unspecified atom stereocenters. The van der Waals surface area contributed by atoms with Crippen LogP contribution in [0.1, 0.15) is 5.56 Å². The Hall–Kier alpha value is -1.88. The van der Waals surface area contributed by atoms with Crippen molar-refractivity contribution >= 4 is 23.3 Å². The lowest BCUT2D eigenvalue weighted by Gasteiger charge is -2.06. The standard InChI is InChI=1S/C10H9ClN4O/c1-7-4-8(5-13-9(7)11)14-10(16)15-3-2-12-6-15/h2-6H,1H3,(H,14,16). The summed E-state index contributed by atoms with van der Waals surface area (Å²) < 4.78 is 1.34. The second kappa shape index (κ2) is 4.32. The largest absolute Gasteiger partial charge is 0.331 e. The zero-order chi connectivity index (χ0) is 11.5. The van der Waals surface area contributed by atoms with Gasteiger partial charge in [-0.15, -0.1) is 0 Å². The molecule has 0 radical (unpaired) electrons. The van der Waals surface area contributed by atoms with Crippen molar-refractivity contribution in [2.45, 2.75) is 6.92 Å². The number of halogens is 1. The van der Waals surface area contributed by atoms with Crippen LogP contribution in [-0.4, -0.2) is 20.6 Å². The number of pyridine rings is 1. The fourth-order valence-corrected chi connectivity index (χ4v) is 1.30. The molecule has 0 bridgehead atoms. The van der Waals surface area contributed by atoms with Crippen molar-refractivity contribution in [3.63, 3.8) is 0 Å². The molecular weight excluding hydrogens is 228 g/mol. The number of nitrogens with one attached hydrogen (secondary N) is 1. The maximum absolute atomic E-state index is 11.6. The molecule has 6 heteroatoms. The van der Waals surface area contributed by atoms with Crippen molar-refractivity contribution in [1.82, 2.24) is 14.5 Å². The zero-order valence-corrected chi connectivity index (χ0v) is 9.27. The Kier molecular flexibility index (Phi) is 2.87. The maximum Gasteiger partial charge on any atom is 0.331 e. The van der Waals surface area contributed by atoms with Gasteiger partial charge in [0.25, 0.3) is 0 Å². The molecule has 82 valence electrons. The summed E-state index contributed by atoms with van der Waals surface area (Å²) in [7, 11) is 0. The van der Waals surface area contributed by atoms with Gasteiger partial charge in [0.2, 0.25) is 0 Å². The van der Waals surface area contributed by atoms with Crippen LogP contribution >= 0.6 is 11.6 Å². The van der Waals surface area contributed by atoms with E-state index in [-0.39, 0.29) is 6.03 Å². The predicted octanol–water partition coefficient (Wildman–Crippen LogP) is 2.32. The van der Waals surface area contributed by atoms with E-state index in [9.17, 15) is 4.79 Å². The van der Waals surface area contributed by atoms with E-state index in [1.165, 1.54) is 23.3 Å². The first kappa shape index (κ1) is 10.6. The number of aromatic nitrogens is 3. The van der Waals surface area contributed by atoms with Gasteiger partial charge in [-0.05, 0) is 18.6 Å². The summed E-state index contributed by atoms with van der Waals surface area (Å²) in [6.07, 6.45) is 6.02. The minimum Gasteiger partial charge on any atom is -0.306 e. The minimum atomic E-state index is -0.291. The lowest BCUT2D eigenvalue weighted by molar-refractivity contribution is 0.253. The first-order chi connectivity index (χ1) is 7.66. The Bertz CT molecular complexity index is 510. The second-order valence-corrected chi connectivity index (χ2v) is 3.59. The molecule has 2 aromatic heterocycles. The minimum absolute atomic E-state index is 0.291. The third-order valence-corrected chi connectivity index (χ3v) is 2.40. The van der Waals surface area contributed by atoms with Gasteiger partial charge in [-0.2, -0.15) is 0 Å². The summed E-state index contributed by atoms with van der Waals surface area (Å²) >= 11 is 5.78. The average molecular weight is 237 g/mol. The number of imidazole rings is 1. The number of nitrogens with zero attached hydrogens (tertiary/aromatic N) is 3. The van der Waals surface area contributed by atoms with Gasteiger partial charge >= 0.3 is 6.03 Å². The first-order valence-corrected chi connectivity index (χ1v) is 4.96. The quantitative estimate of drug-likeness (QED) is 0.773. The van der Waals surface area contributed by atoms with E-state index in [1.54, 1.807) is 12.3 Å². The van der Waals surface area contributed by atoms with Gasteiger partial charge in [0.15, 0.2) is 0 Å². The van der Waals surface area contributed by atoms with Crippen LogP contribution in [0.4, 0.5) is 10.5 Å². The number of carbonyl (C=O) groups is 1. The summed E-state index contributed by atoms with van der Waals surface area (Å²) in [5.74, 6) is 0. The Morgan fingerprint density at radius 1 is 1.56 bits per heavy atom. The highest BCUT2D eigenvalue weighted by Crippen LogP contribution is 2.16. The third kappa shape index (κ3) is 2.20. The smallest absolute Gasteiger partial charge is 0.306 e. The van der Waals surface area contributed by atoms with E-state index in [2.05, 4.69) is 15.3 Å². The molecule has 16 heavy (non-hydrogen) atoms. The van der Waals surface area contributed by atoms with Gasteiger partial charge in [-0.25, -0.2) is 14.8 Å². The van der Waals surface area contributed by atoms with Crippen molar-refractivity contribution in [1.29, 1.82) is 0 Å². The fraction of sp³-hybridized carbons (Fsp3) is 0.100. The molecule has 0 spiro atoms. The van der Waals surface area contributed by atoms with Crippen molar-refractivity contribution in [2.24, 2.45) is 0 Å². The molecule has 0 atom stereocenters. The number of amides is 1. The molecule has 0 aliphatic rings. The molecule has 0 aliphatic carbocycles. The van der Waals surface area contributed by atoms with Crippen LogP contribution in [-0.2, 0) is 0 Å². The fourth-order valence-electron chi connectivity index (χ4n) is 1.19. The first-order valence-electron chi connectivity index (χ1n) is 4.58. The lowest BCUT2D eigenvalue weighted by atomic mass is 10.3. The lowest BCUT2D eigenvalue weighted by Crippen LogP contribution is -2.17. The second-order valence-electron chi connectivity index (χ2n) is 3.23. The molecule has 1 amide bonds. The van der Waals surface area contributed by atoms with Crippen LogP contribution in [0, 0.1) is 6.92 Å². The van der Waals surface area contributed by atoms with Gasteiger partial charge in [0, 0.05) is 12.4 Å². The van der Waals surface area contributed by atoms with E-state index >= 15 is 0 Å². The highest BCUT2D eigenvalue weighted by atomic mass is 35.5. The highest BCUT2D eigenvalue weighted by molar-refractivity contribution is 6.30. The predicted molar refractivity (Wildman–Crippen MR) is 60.6 cm³/mol. The average Bonchev–Trinajstić information content (AvgIpc) is 2.77. The third-order valence-electron chi connectivity index (χ3n) is 2.00. The topological polar surface area (TPSA) is 59.8 Å². The summed E-state index contributed by atoms with van der Waals surface area (Å²) in [5.41, 5.74) is 1.41. The number of hydrogen-bond acceptors (Lipinski definition) is 3. The van der Waals surface area contributed by atoms with Crippen molar-refractivity contribution in [3.05, 3.63) is 41.7 Å². The maximum atomic E-state index is 11.6. The van der Waals surface area contributed by atoms with Crippen molar-refractivity contribution in [2.75, 3.05) is 5.32 Å². The van der Waals surface area contributed by atoms with E-state index in [0.717, 1.165) is 5.56 Å². The number of aryl methyl sites for hydroxylation is 1. The molecule has 0 fully saturated rings. The molecule has 2 rings (SSSR count). The Morgan fingerprint density at radius 2 is 2.38 bits per heavy atom. The zero-order valence-electron chi connectivity index (χ0n) is 8.51. The Labute approximate surface area is 97.1 Å². The van der Waals surface area contributed by atoms with E-state index in [0.29, 0.717) is 10.8 Å². The van der Waals surface area contributed by atoms with E-state index < -0.39 is 0 Å². The van der Waals surface area contributed by atoms with Crippen molar-refractivity contribution < 1.29 is 4.79 Å². The summed E-state index contributed by atoms with van der Waals surface area (Å²) in [5, 5.41) is 3.11. The highest BCUT2D eigenvalue weighted by Gasteiger charge is 2.05. The molecular formula is C10H9ClN4O. The van der Waals surface area contributed by atoms with Crippen LogP contribution < -0.4 is 5.32 Å². The molecule has 0 aromatic carbocycles. The van der Waals surface area contributed by atoms with Crippen LogP contribution in [0.5, 0.6) is 0 Å². The molecule has 5 nitrogen and oxygen atoms in total. The van der Waals surface area contributed by atoms with E-state index in [4.69, 9.17) is 11.6 Å². The SMILES string of the molecule is Cc1cc(NC(=O)n2ccnc2)cnc1Cl. The van der Waals surface area contributed by atoms with Gasteiger partial charge in [0.05, 0.1) is 11.9 Å². The van der Waals surface area contributed by atoms with E-state index in [1.807, 2.05) is 6.92 Å². The normalized spacial score (nSPS) is 10.1. The van der Waals surface area contributed by atoms with Crippen LogP contribution in [0.2, 0.25) is 5.15 Å². The summed E-state index contributed by atoms with van der Waals surface area (Å²) in [6.45, 7) is 1.82. The van der Waals surface area contributed by atoms with Crippen LogP contribution in [0.3, 0.4) is 0 Å². The number of carbonyl (C=O) groups excluding carboxylic acids is 1. The molecule has 1 N–H and O–H groups in total. The molecule has 2 heterocycles. The molecule has 0 aliphatic heterocycles. The van der Waals surface area contributed by atoms with Crippen LogP contribution in [0.25, 0.3) is 0 Å². The summed E-state index contributed by atoms with van der Waals surface area (Å²) in [4.78, 5) is 19.3. The molecule has 0 saturated carbocycles. The Morgan fingerprint density at radius 3 is 3.00 bits per heavy atom. The van der Waals surface area contributed by atoms with Gasteiger partial charge < -0.3 is 5.32 Å². The summed E-state index contributed by atoms with van der Waals surface area (Å²) in [6, 6.07) is 1.46.